The Morgan fingerprint density at radius 2 is 1.67 bits per heavy atom. The van der Waals surface area contributed by atoms with E-state index in [9.17, 15) is 14.0 Å². The molecule has 0 unspecified atom stereocenters. The van der Waals surface area contributed by atoms with Crippen molar-refractivity contribution >= 4 is 17.5 Å². The largest absolute Gasteiger partial charge is 0.428 e. The van der Waals surface area contributed by atoms with E-state index in [0.29, 0.717) is 16.9 Å². The van der Waals surface area contributed by atoms with E-state index < -0.39 is 17.8 Å². The molecule has 0 aliphatic rings. The van der Waals surface area contributed by atoms with E-state index >= 15 is 0 Å². The lowest BCUT2D eigenvalue weighted by atomic mass is 9.98. The summed E-state index contributed by atoms with van der Waals surface area (Å²) in [4.78, 5) is 22.5. The molecule has 0 aromatic heterocycles. The third-order valence-corrected chi connectivity index (χ3v) is 4.22. The van der Waals surface area contributed by atoms with Crippen LogP contribution in [0.25, 0.3) is 16.7 Å². The quantitative estimate of drug-likeness (QED) is 0.177. The molecule has 0 radical (unpaired) electrons. The maximum Gasteiger partial charge on any atom is 0.335 e. The van der Waals surface area contributed by atoms with Gasteiger partial charge in [-0.3, -0.25) is 0 Å². The zero-order valence-electron chi connectivity index (χ0n) is 17.0. The highest BCUT2D eigenvalue weighted by atomic mass is 19.1. The van der Waals surface area contributed by atoms with Crippen molar-refractivity contribution in [1.82, 2.24) is 0 Å². The van der Waals surface area contributed by atoms with Crippen LogP contribution in [0.1, 0.15) is 25.8 Å². The minimum Gasteiger partial charge on any atom is -0.428 e. The maximum atomic E-state index is 14.5. The van der Waals surface area contributed by atoms with Crippen LogP contribution in [0.3, 0.4) is 0 Å². The molecular formula is C25H23FO4. The molecule has 0 spiro atoms. The average Bonchev–Trinajstić information content (AvgIpc) is 2.74. The molecule has 0 saturated heterocycles. The van der Waals surface area contributed by atoms with Crippen molar-refractivity contribution in [2.24, 2.45) is 0 Å². The van der Waals surface area contributed by atoms with Gasteiger partial charge >= 0.3 is 11.9 Å². The lowest BCUT2D eigenvalue weighted by Crippen LogP contribution is -2.03. The van der Waals surface area contributed by atoms with Gasteiger partial charge in [-0.1, -0.05) is 50.4 Å². The molecule has 0 aliphatic heterocycles. The van der Waals surface area contributed by atoms with Crippen LogP contribution in [0, 0.1) is 5.82 Å². The van der Waals surface area contributed by atoms with Crippen molar-refractivity contribution in [3.8, 4) is 16.9 Å². The van der Waals surface area contributed by atoms with E-state index in [4.69, 9.17) is 9.47 Å². The molecule has 0 fully saturated rings. The van der Waals surface area contributed by atoms with E-state index in [1.165, 1.54) is 12.1 Å². The van der Waals surface area contributed by atoms with Crippen LogP contribution in [-0.4, -0.2) is 11.9 Å². The van der Waals surface area contributed by atoms with Gasteiger partial charge in [0.25, 0.3) is 0 Å². The van der Waals surface area contributed by atoms with E-state index in [1.54, 1.807) is 19.1 Å². The van der Waals surface area contributed by atoms with Gasteiger partial charge in [0.1, 0.15) is 17.3 Å². The standard InChI is InChI=1S/C25H23FO4/c1-5-18(9-8-17(4)29-24(27)6-2)19-10-12-20(13-11-19)22-15-14-21(16-23(22)26)30-25(28)7-3/h6-16H,2-3,5H2,1,4H3/b17-8+,18-9+. The van der Waals surface area contributed by atoms with Gasteiger partial charge in [0.15, 0.2) is 0 Å². The minimum absolute atomic E-state index is 0.119. The van der Waals surface area contributed by atoms with Crippen LogP contribution in [0.4, 0.5) is 4.39 Å². The van der Waals surface area contributed by atoms with Crippen LogP contribution in [0.15, 0.2) is 85.7 Å². The Balaban J connectivity index is 2.22. The number of carbonyl (C=O) groups is 2. The Labute approximate surface area is 175 Å². The van der Waals surface area contributed by atoms with Gasteiger partial charge in [-0.25, -0.2) is 14.0 Å². The molecule has 2 rings (SSSR count). The SMILES string of the molecule is C=CC(=O)O/C(C)=C/C=C(\CC)c1ccc(-c2ccc(OC(=O)C=C)cc2F)cc1. The molecule has 2 aromatic rings. The van der Waals surface area contributed by atoms with Gasteiger partial charge in [0.05, 0.1) is 0 Å². The van der Waals surface area contributed by atoms with Gasteiger partial charge in [0.2, 0.25) is 0 Å². The average molecular weight is 406 g/mol. The predicted molar refractivity (Wildman–Crippen MR) is 116 cm³/mol. The Hall–Kier alpha value is -3.73. The van der Waals surface area contributed by atoms with Crippen LogP contribution >= 0.6 is 0 Å². The first kappa shape index (κ1) is 22.6. The third-order valence-electron chi connectivity index (χ3n) is 4.22. The van der Waals surface area contributed by atoms with Gasteiger partial charge in [0, 0.05) is 23.8 Å². The number of benzene rings is 2. The topological polar surface area (TPSA) is 52.6 Å². The lowest BCUT2D eigenvalue weighted by Gasteiger charge is -2.09. The summed E-state index contributed by atoms with van der Waals surface area (Å²) in [5.41, 5.74) is 3.09. The predicted octanol–water partition coefficient (Wildman–Crippen LogP) is 6.01. The zero-order valence-corrected chi connectivity index (χ0v) is 17.0. The molecule has 30 heavy (non-hydrogen) atoms. The van der Waals surface area contributed by atoms with Crippen molar-refractivity contribution in [1.29, 1.82) is 0 Å². The monoisotopic (exact) mass is 406 g/mol. The number of rotatable bonds is 8. The van der Waals surface area contributed by atoms with Gasteiger partial charge in [-0.2, -0.15) is 0 Å². The summed E-state index contributed by atoms with van der Waals surface area (Å²) >= 11 is 0. The second-order valence-corrected chi connectivity index (χ2v) is 6.29. The second kappa shape index (κ2) is 10.7. The normalized spacial score (nSPS) is 11.6. The summed E-state index contributed by atoms with van der Waals surface area (Å²) in [5.74, 6) is -1.07. The first-order valence-corrected chi connectivity index (χ1v) is 9.34. The van der Waals surface area contributed by atoms with Crippen LogP contribution in [0.2, 0.25) is 0 Å². The number of carbonyl (C=O) groups excluding carboxylic acids is 2. The highest BCUT2D eigenvalue weighted by molar-refractivity contribution is 5.83. The Morgan fingerprint density at radius 1 is 1.00 bits per heavy atom. The Kier molecular flexibility index (Phi) is 8.06. The first-order chi connectivity index (χ1) is 14.4. The smallest absolute Gasteiger partial charge is 0.335 e. The highest BCUT2D eigenvalue weighted by Crippen LogP contribution is 2.28. The zero-order chi connectivity index (χ0) is 22.1. The Morgan fingerprint density at radius 3 is 2.23 bits per heavy atom. The summed E-state index contributed by atoms with van der Waals surface area (Å²) in [6.45, 7) is 10.4. The minimum atomic E-state index is -0.645. The third kappa shape index (κ3) is 6.14. The van der Waals surface area contributed by atoms with Crippen molar-refractivity contribution < 1.29 is 23.5 Å². The van der Waals surface area contributed by atoms with Gasteiger partial charge in [-0.15, -0.1) is 0 Å². The summed E-state index contributed by atoms with van der Waals surface area (Å²) in [5, 5.41) is 0. The van der Waals surface area contributed by atoms with Crippen molar-refractivity contribution in [2.75, 3.05) is 0 Å². The van der Waals surface area contributed by atoms with E-state index in [2.05, 4.69) is 13.2 Å². The molecule has 4 nitrogen and oxygen atoms in total. The maximum absolute atomic E-state index is 14.5. The molecule has 2 aromatic carbocycles. The summed E-state index contributed by atoms with van der Waals surface area (Å²) < 4.78 is 24.4. The fraction of sp³-hybridized carbons (Fsp3) is 0.120. The van der Waals surface area contributed by atoms with Crippen LogP contribution in [-0.2, 0) is 14.3 Å². The molecule has 0 aliphatic carbocycles. The van der Waals surface area contributed by atoms with Gasteiger partial charge < -0.3 is 9.47 Å². The summed E-state index contributed by atoms with van der Waals surface area (Å²) in [7, 11) is 0. The molecule has 0 bridgehead atoms. The molecule has 154 valence electrons. The molecule has 0 saturated carbocycles. The number of allylic oxidation sites excluding steroid dienone is 4. The second-order valence-electron chi connectivity index (χ2n) is 6.29. The van der Waals surface area contributed by atoms with Crippen LogP contribution in [0.5, 0.6) is 5.75 Å². The number of hydrogen-bond acceptors (Lipinski definition) is 4. The van der Waals surface area contributed by atoms with E-state index in [0.717, 1.165) is 29.7 Å². The van der Waals surface area contributed by atoms with Crippen LogP contribution < -0.4 is 4.74 Å². The van der Waals surface area contributed by atoms with E-state index in [-0.39, 0.29) is 5.75 Å². The number of esters is 2. The molecular weight excluding hydrogens is 383 g/mol. The van der Waals surface area contributed by atoms with Crippen molar-refractivity contribution in [2.45, 2.75) is 20.3 Å². The fourth-order valence-corrected chi connectivity index (χ4v) is 2.69. The van der Waals surface area contributed by atoms with Gasteiger partial charge in [-0.05, 0) is 48.3 Å². The van der Waals surface area contributed by atoms with Crippen molar-refractivity contribution in [3.05, 3.63) is 97.1 Å². The van der Waals surface area contributed by atoms with E-state index in [1.807, 2.05) is 37.3 Å². The first-order valence-electron chi connectivity index (χ1n) is 9.34. The van der Waals surface area contributed by atoms with Crippen molar-refractivity contribution in [3.63, 3.8) is 0 Å². The molecule has 0 heterocycles. The summed E-state index contributed by atoms with van der Waals surface area (Å²) in [6.07, 6.45) is 6.48. The molecule has 0 atom stereocenters. The lowest BCUT2D eigenvalue weighted by molar-refractivity contribution is -0.133. The Bertz CT molecular complexity index is 1010. The summed E-state index contributed by atoms with van der Waals surface area (Å²) in [6, 6.07) is 11.7. The fourth-order valence-electron chi connectivity index (χ4n) is 2.69. The molecule has 5 heteroatoms. The highest BCUT2D eigenvalue weighted by Gasteiger charge is 2.09. The number of hydrogen-bond donors (Lipinski definition) is 0. The molecule has 0 amide bonds. The number of halogens is 1. The number of ether oxygens (including phenoxy) is 2. The molecule has 0 N–H and O–H groups in total.